The summed E-state index contributed by atoms with van der Waals surface area (Å²) in [6, 6.07) is 67.1. The second-order valence-electron chi connectivity index (χ2n) is 14.4. The quantitative estimate of drug-likeness (QED) is 0.176. The van der Waals surface area contributed by atoms with Crippen LogP contribution in [0.4, 0.5) is 17.1 Å². The fourth-order valence-corrected chi connectivity index (χ4v) is 9.91. The molecule has 0 saturated carbocycles. The van der Waals surface area contributed by atoms with Crippen LogP contribution in [0, 0.1) is 0 Å². The van der Waals surface area contributed by atoms with E-state index in [1.165, 1.54) is 42.1 Å². The predicted molar refractivity (Wildman–Crippen MR) is 237 cm³/mol. The van der Waals surface area contributed by atoms with Crippen molar-refractivity contribution in [1.29, 1.82) is 0 Å². The number of anilines is 3. The summed E-state index contributed by atoms with van der Waals surface area (Å²) in [5.41, 5.74) is 11.4. The number of benzene rings is 9. The fraction of sp³-hybridized carbons (Fsp3) is 0. The molecule has 0 bridgehead atoms. The number of hydrogen-bond acceptors (Lipinski definition) is 4. The van der Waals surface area contributed by atoms with Crippen LogP contribution in [0.2, 0.25) is 0 Å². The van der Waals surface area contributed by atoms with Crippen molar-refractivity contribution in [2.45, 2.75) is 0 Å². The molecule has 3 heterocycles. The number of nitrogens with zero attached hydrogens (tertiary/aromatic N) is 1. The zero-order valence-corrected chi connectivity index (χ0v) is 30.9. The molecule has 0 fully saturated rings. The van der Waals surface area contributed by atoms with Gasteiger partial charge in [-0.2, -0.15) is 0 Å². The van der Waals surface area contributed by atoms with E-state index >= 15 is 0 Å². The molecule has 4 heteroatoms. The summed E-state index contributed by atoms with van der Waals surface area (Å²) in [5, 5.41) is 9.41. The summed E-state index contributed by atoms with van der Waals surface area (Å²) in [6.07, 6.45) is 0. The summed E-state index contributed by atoms with van der Waals surface area (Å²) in [7, 11) is 0. The van der Waals surface area contributed by atoms with Crippen molar-refractivity contribution < 1.29 is 8.83 Å². The van der Waals surface area contributed by atoms with Gasteiger partial charge in [0.05, 0.1) is 11.1 Å². The highest BCUT2D eigenvalue weighted by Gasteiger charge is 2.22. The van der Waals surface area contributed by atoms with Gasteiger partial charge in [0.15, 0.2) is 0 Å². The molecule has 0 saturated heterocycles. The van der Waals surface area contributed by atoms with Crippen LogP contribution in [-0.4, -0.2) is 0 Å². The number of hydrogen-bond donors (Lipinski definition) is 0. The van der Waals surface area contributed by atoms with Crippen LogP contribution < -0.4 is 4.90 Å². The van der Waals surface area contributed by atoms with Crippen LogP contribution in [-0.2, 0) is 0 Å². The Labute approximate surface area is 325 Å². The molecule has 3 aromatic heterocycles. The summed E-state index contributed by atoms with van der Waals surface area (Å²) < 4.78 is 15.6. The lowest BCUT2D eigenvalue weighted by molar-refractivity contribution is 0.669. The summed E-state index contributed by atoms with van der Waals surface area (Å²) >= 11 is 1.84. The second-order valence-corrected chi connectivity index (χ2v) is 15.5. The molecule has 12 rings (SSSR count). The van der Waals surface area contributed by atoms with E-state index in [0.717, 1.165) is 72.1 Å². The standard InChI is InChI=1S/C52H31NO2S/c1-2-13-36(14-3-1)53(37-26-23-32-11-4-5-12-33(32)29-37)45-20-10-22-47-50(45)44-19-8-16-41(51(44)55-47)43-18-9-17-42-40-28-25-35(31-49(40)56-52(42)43)34-24-27-39-38-15-6-7-21-46(38)54-48(39)30-34/h1-31H. The molecule has 0 unspecified atom stereocenters. The van der Waals surface area contributed by atoms with Crippen LogP contribution in [0.15, 0.2) is 197 Å². The lowest BCUT2D eigenvalue weighted by atomic mass is 9.98. The van der Waals surface area contributed by atoms with Crippen molar-refractivity contribution in [3.63, 3.8) is 0 Å². The Bertz CT molecular complexity index is 3500. The smallest absolute Gasteiger partial charge is 0.143 e. The van der Waals surface area contributed by atoms with Crippen LogP contribution in [0.1, 0.15) is 0 Å². The van der Waals surface area contributed by atoms with E-state index in [2.05, 4.69) is 181 Å². The molecule has 0 spiro atoms. The molecule has 0 aliphatic rings. The largest absolute Gasteiger partial charge is 0.456 e. The maximum atomic E-state index is 6.90. The van der Waals surface area contributed by atoms with E-state index in [1.807, 2.05) is 23.5 Å². The van der Waals surface area contributed by atoms with Gasteiger partial charge in [-0.1, -0.05) is 127 Å². The lowest BCUT2D eigenvalue weighted by Crippen LogP contribution is -2.10. The van der Waals surface area contributed by atoms with Crippen molar-refractivity contribution in [2.75, 3.05) is 4.90 Å². The predicted octanol–water partition coefficient (Wildman–Crippen LogP) is 15.8. The van der Waals surface area contributed by atoms with Gasteiger partial charge in [0.25, 0.3) is 0 Å². The Morgan fingerprint density at radius 3 is 2.00 bits per heavy atom. The van der Waals surface area contributed by atoms with E-state index in [4.69, 9.17) is 8.83 Å². The van der Waals surface area contributed by atoms with Crippen LogP contribution in [0.5, 0.6) is 0 Å². The van der Waals surface area contributed by atoms with Gasteiger partial charge in [0.1, 0.15) is 22.3 Å². The molecule has 262 valence electrons. The number of furan rings is 2. The Morgan fingerprint density at radius 2 is 1.09 bits per heavy atom. The first-order chi connectivity index (χ1) is 27.7. The number of rotatable bonds is 5. The monoisotopic (exact) mass is 733 g/mol. The molecule has 0 atom stereocenters. The van der Waals surface area contributed by atoms with Crippen LogP contribution >= 0.6 is 11.3 Å². The highest BCUT2D eigenvalue weighted by molar-refractivity contribution is 7.26. The topological polar surface area (TPSA) is 29.5 Å². The zero-order valence-electron chi connectivity index (χ0n) is 30.1. The molecule has 0 N–H and O–H groups in total. The lowest BCUT2D eigenvalue weighted by Gasteiger charge is -2.26. The SMILES string of the molecule is c1ccc(N(c2ccc3ccccc3c2)c2cccc3oc4c(-c5cccc6c5sc5cc(-c7ccc8c(c7)oc7ccccc78)ccc56)cccc4c23)cc1. The summed E-state index contributed by atoms with van der Waals surface area (Å²) in [6.45, 7) is 0. The highest BCUT2D eigenvalue weighted by Crippen LogP contribution is 2.48. The van der Waals surface area contributed by atoms with Crippen LogP contribution in [0.3, 0.4) is 0 Å². The molecule has 0 radical (unpaired) electrons. The Morgan fingerprint density at radius 1 is 0.393 bits per heavy atom. The molecule has 3 nitrogen and oxygen atoms in total. The second kappa shape index (κ2) is 12.2. The highest BCUT2D eigenvalue weighted by atomic mass is 32.1. The van der Waals surface area contributed by atoms with Gasteiger partial charge in [-0.15, -0.1) is 11.3 Å². The molecule has 0 aliphatic carbocycles. The minimum absolute atomic E-state index is 0.862. The fourth-order valence-electron chi connectivity index (χ4n) is 8.64. The third-order valence-corrected chi connectivity index (χ3v) is 12.4. The molecular weight excluding hydrogens is 703 g/mol. The third-order valence-electron chi connectivity index (χ3n) is 11.2. The molecular formula is C52H31NO2S. The van der Waals surface area contributed by atoms with Gasteiger partial charge in [0.2, 0.25) is 0 Å². The minimum Gasteiger partial charge on any atom is -0.456 e. The van der Waals surface area contributed by atoms with E-state index in [0.29, 0.717) is 0 Å². The average molecular weight is 734 g/mol. The van der Waals surface area contributed by atoms with Crippen LogP contribution in [0.25, 0.3) is 97.1 Å². The maximum absolute atomic E-state index is 6.90. The number of thiophene rings is 1. The van der Waals surface area contributed by atoms with E-state index in [-0.39, 0.29) is 0 Å². The third kappa shape index (κ3) is 4.76. The van der Waals surface area contributed by atoms with Gasteiger partial charge in [-0.3, -0.25) is 0 Å². The first-order valence-corrected chi connectivity index (χ1v) is 19.7. The van der Waals surface area contributed by atoms with E-state index in [1.54, 1.807) is 0 Å². The zero-order chi connectivity index (χ0) is 36.7. The Kier molecular flexibility index (Phi) is 6.80. The average Bonchev–Trinajstić information content (AvgIpc) is 3.95. The van der Waals surface area contributed by atoms with Crippen molar-refractivity contribution in [2.24, 2.45) is 0 Å². The van der Waals surface area contributed by atoms with Crippen molar-refractivity contribution in [3.05, 3.63) is 188 Å². The van der Waals surface area contributed by atoms with Gasteiger partial charge >= 0.3 is 0 Å². The Hall–Kier alpha value is -7.14. The molecule has 56 heavy (non-hydrogen) atoms. The molecule has 12 aromatic rings. The normalized spacial score (nSPS) is 11.9. The van der Waals surface area contributed by atoms with Crippen molar-refractivity contribution in [3.8, 4) is 22.3 Å². The number of fused-ring (bicyclic) bond motifs is 10. The molecule has 0 aliphatic heterocycles. The van der Waals surface area contributed by atoms with E-state index < -0.39 is 0 Å². The summed E-state index contributed by atoms with van der Waals surface area (Å²) in [4.78, 5) is 2.35. The first-order valence-electron chi connectivity index (χ1n) is 18.9. The maximum Gasteiger partial charge on any atom is 0.143 e. The molecule has 0 amide bonds. The first kappa shape index (κ1) is 31.2. The molecule has 9 aromatic carbocycles. The van der Waals surface area contributed by atoms with Gasteiger partial charge in [-0.25, -0.2) is 0 Å². The van der Waals surface area contributed by atoms with Gasteiger partial charge in [0, 0.05) is 58.8 Å². The summed E-state index contributed by atoms with van der Waals surface area (Å²) in [5.74, 6) is 0. The Balaban J connectivity index is 1.01. The van der Waals surface area contributed by atoms with Crippen molar-refractivity contribution in [1.82, 2.24) is 0 Å². The van der Waals surface area contributed by atoms with Gasteiger partial charge in [-0.05, 0) is 82.6 Å². The van der Waals surface area contributed by atoms with Gasteiger partial charge < -0.3 is 13.7 Å². The minimum atomic E-state index is 0.862. The van der Waals surface area contributed by atoms with Crippen molar-refractivity contribution >= 4 is 103 Å². The number of para-hydroxylation sites is 3. The van der Waals surface area contributed by atoms with E-state index in [9.17, 15) is 0 Å².